The van der Waals surface area contributed by atoms with Gasteiger partial charge in [0.05, 0.1) is 39.7 Å². The van der Waals surface area contributed by atoms with Gasteiger partial charge in [0.2, 0.25) is 0 Å². The van der Waals surface area contributed by atoms with Crippen molar-refractivity contribution in [3.63, 3.8) is 0 Å². The number of hydrogen-bond acceptors (Lipinski definition) is 3. The number of aromatic nitrogens is 1. The monoisotopic (exact) mass is 421 g/mol. The molecule has 5 heteroatoms. The fourth-order valence-electron chi connectivity index (χ4n) is 3.66. The number of aryl methyl sites for hydroxylation is 1. The molecule has 3 rings (SSSR count). The average Bonchev–Trinajstić information content (AvgIpc) is 2.73. The zero-order valence-corrected chi connectivity index (χ0v) is 19.5. The van der Waals surface area contributed by atoms with Crippen LogP contribution in [0, 0.1) is 0 Å². The van der Waals surface area contributed by atoms with Crippen molar-refractivity contribution in [2.75, 3.05) is 45.7 Å². The van der Waals surface area contributed by atoms with Gasteiger partial charge in [-0.2, -0.15) is 0 Å². The van der Waals surface area contributed by atoms with E-state index in [1.165, 1.54) is 0 Å². The predicted octanol–water partition coefficient (Wildman–Crippen LogP) is 4.19. The summed E-state index contributed by atoms with van der Waals surface area (Å²) in [6, 6.07) is 12.1. The third-order valence-corrected chi connectivity index (χ3v) is 5.49. The SMILES string of the molecule is CCN(CC)c1ccc2cc(/C=C/c3cc[n+](CCC[N+](C)(C)C)cc3)c(=O)oc2c1. The Morgan fingerprint density at radius 2 is 1.71 bits per heavy atom. The second-order valence-corrected chi connectivity index (χ2v) is 8.95. The zero-order chi connectivity index (χ0) is 22.4. The minimum absolute atomic E-state index is 0.313. The molecule has 0 saturated heterocycles. The van der Waals surface area contributed by atoms with Gasteiger partial charge in [-0.1, -0.05) is 6.08 Å². The second-order valence-electron chi connectivity index (χ2n) is 8.95. The molecule has 5 nitrogen and oxygen atoms in total. The third kappa shape index (κ3) is 6.28. The normalized spacial score (nSPS) is 12.0. The summed E-state index contributed by atoms with van der Waals surface area (Å²) in [4.78, 5) is 14.7. The standard InChI is InChI=1S/C26H35N3O2/c1-6-28(7-2)24-12-11-22-19-23(26(30)31-25(22)20-24)10-9-21-13-16-27(17-14-21)15-8-18-29(3,4)5/h9-14,16-17,19-20H,6-8,15,18H2,1-5H3/q+2. The molecule has 0 fully saturated rings. The molecule has 0 aliphatic rings. The Labute approximate surface area is 185 Å². The Balaban J connectivity index is 1.73. The van der Waals surface area contributed by atoms with Crippen molar-refractivity contribution in [3.8, 4) is 0 Å². The van der Waals surface area contributed by atoms with Crippen LogP contribution in [-0.2, 0) is 6.54 Å². The van der Waals surface area contributed by atoms with Gasteiger partial charge in [0.1, 0.15) is 5.58 Å². The molecule has 0 radical (unpaired) electrons. The van der Waals surface area contributed by atoms with Crippen molar-refractivity contribution < 1.29 is 13.5 Å². The maximum atomic E-state index is 12.5. The first-order valence-corrected chi connectivity index (χ1v) is 11.1. The maximum Gasteiger partial charge on any atom is 0.343 e. The number of anilines is 1. The van der Waals surface area contributed by atoms with E-state index in [1.54, 1.807) is 0 Å². The zero-order valence-electron chi connectivity index (χ0n) is 19.5. The minimum atomic E-state index is -0.313. The van der Waals surface area contributed by atoms with Crippen LogP contribution in [0.3, 0.4) is 0 Å². The molecule has 0 bridgehead atoms. The first kappa shape index (κ1) is 22.8. The molecular weight excluding hydrogens is 386 g/mol. The first-order valence-electron chi connectivity index (χ1n) is 11.1. The molecule has 0 saturated carbocycles. The van der Waals surface area contributed by atoms with Crippen LogP contribution in [-0.4, -0.2) is 45.3 Å². The number of quaternary nitrogens is 1. The lowest BCUT2D eigenvalue weighted by molar-refractivity contribution is -0.873. The van der Waals surface area contributed by atoms with Crippen molar-refractivity contribution in [2.45, 2.75) is 26.8 Å². The van der Waals surface area contributed by atoms with Gasteiger partial charge in [0.15, 0.2) is 18.9 Å². The van der Waals surface area contributed by atoms with Crippen molar-refractivity contribution in [1.82, 2.24) is 0 Å². The van der Waals surface area contributed by atoms with Gasteiger partial charge in [-0.3, -0.25) is 0 Å². The molecule has 0 unspecified atom stereocenters. The summed E-state index contributed by atoms with van der Waals surface area (Å²) in [5, 5.41) is 0.929. The van der Waals surface area contributed by atoms with E-state index in [9.17, 15) is 4.79 Å². The summed E-state index contributed by atoms with van der Waals surface area (Å²) in [7, 11) is 6.64. The van der Waals surface area contributed by atoms with Gasteiger partial charge in [-0.15, -0.1) is 0 Å². The van der Waals surface area contributed by atoms with Gasteiger partial charge in [0, 0.05) is 42.4 Å². The molecule has 31 heavy (non-hydrogen) atoms. The van der Waals surface area contributed by atoms with Gasteiger partial charge >= 0.3 is 5.63 Å². The first-order chi connectivity index (χ1) is 14.8. The molecule has 0 N–H and O–H groups in total. The summed E-state index contributed by atoms with van der Waals surface area (Å²) in [6.07, 6.45) is 9.11. The number of fused-ring (bicyclic) bond motifs is 1. The van der Waals surface area contributed by atoms with E-state index in [0.717, 1.165) is 53.7 Å². The molecule has 0 atom stereocenters. The van der Waals surface area contributed by atoms with Crippen molar-refractivity contribution in [2.24, 2.45) is 0 Å². The fourth-order valence-corrected chi connectivity index (χ4v) is 3.66. The molecule has 0 spiro atoms. The number of hydrogen-bond donors (Lipinski definition) is 0. The van der Waals surface area contributed by atoms with Crippen LogP contribution >= 0.6 is 0 Å². The Kier molecular flexibility index (Phi) is 7.29. The summed E-state index contributed by atoms with van der Waals surface area (Å²) in [5.41, 5.74) is 3.00. The smallest absolute Gasteiger partial charge is 0.343 e. The summed E-state index contributed by atoms with van der Waals surface area (Å²) >= 11 is 0. The van der Waals surface area contributed by atoms with Crippen LogP contribution < -0.4 is 15.1 Å². The van der Waals surface area contributed by atoms with Crippen LogP contribution in [0.4, 0.5) is 5.69 Å². The quantitative estimate of drug-likeness (QED) is 0.295. The van der Waals surface area contributed by atoms with Gasteiger partial charge in [-0.25, -0.2) is 9.36 Å². The van der Waals surface area contributed by atoms with Crippen molar-refractivity contribution in [1.29, 1.82) is 0 Å². The molecule has 0 amide bonds. The predicted molar refractivity (Wildman–Crippen MR) is 129 cm³/mol. The van der Waals surface area contributed by atoms with E-state index in [2.05, 4.69) is 75.1 Å². The highest BCUT2D eigenvalue weighted by Gasteiger charge is 2.09. The van der Waals surface area contributed by atoms with Crippen molar-refractivity contribution >= 4 is 28.8 Å². The Hall–Kier alpha value is -2.92. The summed E-state index contributed by atoms with van der Waals surface area (Å²) in [5.74, 6) is 0. The lowest BCUT2D eigenvalue weighted by atomic mass is 10.1. The van der Waals surface area contributed by atoms with E-state index in [4.69, 9.17) is 4.42 Å². The van der Waals surface area contributed by atoms with Gasteiger partial charge in [0.25, 0.3) is 0 Å². The topological polar surface area (TPSA) is 37.3 Å². The number of benzene rings is 1. The van der Waals surface area contributed by atoms with Crippen LogP contribution in [0.25, 0.3) is 23.1 Å². The molecule has 2 heterocycles. The van der Waals surface area contributed by atoms with Crippen LogP contribution in [0.2, 0.25) is 0 Å². The van der Waals surface area contributed by atoms with E-state index in [0.29, 0.717) is 11.1 Å². The lowest BCUT2D eigenvalue weighted by Gasteiger charge is -2.22. The molecule has 164 valence electrons. The Morgan fingerprint density at radius 3 is 2.35 bits per heavy atom. The Bertz CT molecular complexity index is 1090. The average molecular weight is 422 g/mol. The molecule has 1 aromatic carbocycles. The van der Waals surface area contributed by atoms with E-state index in [-0.39, 0.29) is 5.63 Å². The van der Waals surface area contributed by atoms with Gasteiger partial charge in [-0.05, 0) is 43.7 Å². The van der Waals surface area contributed by atoms with Crippen LogP contribution in [0.5, 0.6) is 0 Å². The highest BCUT2D eigenvalue weighted by Crippen LogP contribution is 2.22. The number of nitrogens with zero attached hydrogens (tertiary/aromatic N) is 3. The lowest BCUT2D eigenvalue weighted by Crippen LogP contribution is -2.39. The summed E-state index contributed by atoms with van der Waals surface area (Å²) in [6.45, 7) is 8.22. The highest BCUT2D eigenvalue weighted by atomic mass is 16.4. The molecular formula is C26H35N3O2+2. The third-order valence-electron chi connectivity index (χ3n) is 5.49. The van der Waals surface area contributed by atoms with E-state index < -0.39 is 0 Å². The van der Waals surface area contributed by atoms with Crippen molar-refractivity contribution in [3.05, 3.63) is 70.3 Å². The molecule has 3 aromatic rings. The second kappa shape index (κ2) is 9.92. The minimum Gasteiger partial charge on any atom is -0.422 e. The Morgan fingerprint density at radius 1 is 1.00 bits per heavy atom. The van der Waals surface area contributed by atoms with Crippen LogP contribution in [0.1, 0.15) is 31.4 Å². The highest BCUT2D eigenvalue weighted by molar-refractivity contribution is 5.83. The van der Waals surface area contributed by atoms with E-state index >= 15 is 0 Å². The number of rotatable bonds is 9. The molecule has 2 aromatic heterocycles. The molecule has 0 aliphatic heterocycles. The summed E-state index contributed by atoms with van der Waals surface area (Å²) < 4.78 is 8.79. The van der Waals surface area contributed by atoms with E-state index in [1.807, 2.05) is 30.4 Å². The largest absolute Gasteiger partial charge is 0.422 e. The maximum absolute atomic E-state index is 12.5. The van der Waals surface area contributed by atoms with Crippen LogP contribution in [0.15, 0.2) is 58.0 Å². The van der Waals surface area contributed by atoms with Gasteiger partial charge < -0.3 is 13.8 Å². The number of pyridine rings is 1. The molecule has 0 aliphatic carbocycles. The fraction of sp³-hybridized carbons (Fsp3) is 0.385.